The van der Waals surface area contributed by atoms with Crippen LogP contribution < -0.4 is 35.9 Å². The molecule has 2 saturated heterocycles. The third-order valence-corrected chi connectivity index (χ3v) is 12.3. The van der Waals surface area contributed by atoms with E-state index < -0.39 is 0 Å². The number of hydrogen-bond acceptors (Lipinski definition) is 11. The summed E-state index contributed by atoms with van der Waals surface area (Å²) in [5.74, 6) is 1.38. The summed E-state index contributed by atoms with van der Waals surface area (Å²) in [4.78, 5) is 70.1. The molecule has 1 atom stereocenters. The van der Waals surface area contributed by atoms with Gasteiger partial charge in [0, 0.05) is 100 Å². The molecule has 65 heavy (non-hydrogen) atoms. The number of rotatable bonds is 20. The van der Waals surface area contributed by atoms with Gasteiger partial charge in [-0.1, -0.05) is 25.1 Å². The van der Waals surface area contributed by atoms with Crippen LogP contribution in [0.4, 0.5) is 5.69 Å². The van der Waals surface area contributed by atoms with Crippen LogP contribution in [0.15, 0.2) is 83.9 Å². The lowest BCUT2D eigenvalue weighted by atomic mass is 9.89. The normalized spacial score (nSPS) is 15.5. The van der Waals surface area contributed by atoms with Crippen molar-refractivity contribution in [1.29, 1.82) is 0 Å². The number of aromatic nitrogens is 3. The number of aryl methyl sites for hydroxylation is 1. The molecule has 2 fully saturated rings. The third-order valence-electron chi connectivity index (χ3n) is 12.3. The zero-order valence-corrected chi connectivity index (χ0v) is 38.0. The van der Waals surface area contributed by atoms with Gasteiger partial charge in [0.05, 0.1) is 43.2 Å². The summed E-state index contributed by atoms with van der Waals surface area (Å²) in [6.45, 7) is 11.8. The van der Waals surface area contributed by atoms with Crippen LogP contribution in [0.25, 0.3) is 11.0 Å². The standard InChI is InChI=1S/C50H63N9O6/c1-4-36-27-44-45(56-49(36)62)25-35(29-54-44)33-57-21-23-58(24-22-57)41-15-17-43(55-31-41)50(63)53-19-8-6-7-18-52-48(61)38-12-9-11-37(26-38)40-13-10-20-59(34-40)47(60)32-51-30-39-14-16-42(64-3)28-46(39)65-5-2/h9,11-12,14-17,25-29,31,40,51H,4-8,10,13,18-24,30,32-34H2,1-3H3,(H,52,61)(H,53,63)(H,56,62)/t40-/m0/s1. The molecule has 15 heteroatoms. The lowest BCUT2D eigenvalue weighted by Crippen LogP contribution is -2.46. The van der Waals surface area contributed by atoms with Gasteiger partial charge in [-0.2, -0.15) is 0 Å². The molecule has 2 aliphatic rings. The lowest BCUT2D eigenvalue weighted by Gasteiger charge is -2.36. The minimum absolute atomic E-state index is 0.0522. The number of aromatic amines is 1. The van der Waals surface area contributed by atoms with E-state index in [1.165, 1.54) is 0 Å². The Labute approximate surface area is 381 Å². The maximum Gasteiger partial charge on any atom is 0.269 e. The summed E-state index contributed by atoms with van der Waals surface area (Å²) in [7, 11) is 1.62. The average Bonchev–Trinajstić information content (AvgIpc) is 3.34. The molecule has 5 heterocycles. The van der Waals surface area contributed by atoms with Crippen molar-refractivity contribution in [2.45, 2.75) is 71.4 Å². The number of likely N-dealkylation sites (tertiary alicyclic amines) is 1. The molecule has 3 aromatic heterocycles. The van der Waals surface area contributed by atoms with E-state index in [1.807, 2.05) is 85.6 Å². The van der Waals surface area contributed by atoms with Crippen molar-refractivity contribution in [3.05, 3.63) is 123 Å². The van der Waals surface area contributed by atoms with Gasteiger partial charge in [-0.15, -0.1) is 0 Å². The number of amides is 3. The SMILES string of the molecule is CCOc1cc(OC)ccc1CNCC(=O)N1CCC[C@H](c2cccc(C(=O)NCCCCCNC(=O)c3ccc(N4CCN(Cc5cnc6cc(CC)c(=O)[nH]c6c5)CC4)cn3)c2)C1. The summed E-state index contributed by atoms with van der Waals surface area (Å²) >= 11 is 0. The fourth-order valence-corrected chi connectivity index (χ4v) is 8.59. The van der Waals surface area contributed by atoms with Crippen molar-refractivity contribution >= 4 is 34.4 Å². The Balaban J connectivity index is 0.765. The van der Waals surface area contributed by atoms with Crippen molar-refractivity contribution in [2.75, 3.05) is 77.5 Å². The molecular weight excluding hydrogens is 823 g/mol. The second-order valence-electron chi connectivity index (χ2n) is 16.8. The van der Waals surface area contributed by atoms with Crippen LogP contribution >= 0.6 is 0 Å². The second-order valence-corrected chi connectivity index (χ2v) is 16.8. The van der Waals surface area contributed by atoms with E-state index >= 15 is 0 Å². The predicted octanol–water partition coefficient (Wildman–Crippen LogP) is 5.44. The van der Waals surface area contributed by atoms with Gasteiger partial charge in [-0.3, -0.25) is 29.1 Å². The van der Waals surface area contributed by atoms with Crippen LogP contribution in [0.5, 0.6) is 11.5 Å². The maximum absolute atomic E-state index is 13.2. The van der Waals surface area contributed by atoms with Crippen LogP contribution in [0.2, 0.25) is 0 Å². The van der Waals surface area contributed by atoms with E-state index in [0.717, 1.165) is 122 Å². The van der Waals surface area contributed by atoms with Crippen molar-refractivity contribution in [2.24, 2.45) is 0 Å². The first-order valence-corrected chi connectivity index (χ1v) is 23.1. The Morgan fingerprint density at radius 2 is 1.66 bits per heavy atom. The van der Waals surface area contributed by atoms with Gasteiger partial charge in [-0.05, 0) is 99.0 Å². The number of pyridine rings is 3. The summed E-state index contributed by atoms with van der Waals surface area (Å²) in [6, 6.07) is 21.1. The summed E-state index contributed by atoms with van der Waals surface area (Å²) in [6.07, 6.45) is 8.63. The van der Waals surface area contributed by atoms with Gasteiger partial charge < -0.3 is 40.2 Å². The van der Waals surface area contributed by atoms with E-state index in [9.17, 15) is 19.2 Å². The second kappa shape index (κ2) is 23.0. The first-order chi connectivity index (χ1) is 31.7. The zero-order valence-electron chi connectivity index (χ0n) is 38.0. The van der Waals surface area contributed by atoms with Crippen molar-refractivity contribution in [3.63, 3.8) is 0 Å². The number of carbonyl (C=O) groups excluding carboxylic acids is 3. The van der Waals surface area contributed by atoms with Gasteiger partial charge in [0.2, 0.25) is 5.91 Å². The van der Waals surface area contributed by atoms with E-state index in [0.29, 0.717) is 50.5 Å². The number of hydrogen-bond donors (Lipinski definition) is 4. The highest BCUT2D eigenvalue weighted by Gasteiger charge is 2.25. The number of unbranched alkanes of at least 4 members (excludes halogenated alkanes) is 2. The average molecular weight is 886 g/mol. The highest BCUT2D eigenvalue weighted by atomic mass is 16.5. The smallest absolute Gasteiger partial charge is 0.269 e. The number of nitrogens with zero attached hydrogens (tertiary/aromatic N) is 5. The van der Waals surface area contributed by atoms with Crippen molar-refractivity contribution in [3.8, 4) is 11.5 Å². The molecule has 0 bridgehead atoms. The highest BCUT2D eigenvalue weighted by molar-refractivity contribution is 5.94. The van der Waals surface area contributed by atoms with E-state index in [2.05, 4.69) is 40.7 Å². The van der Waals surface area contributed by atoms with Gasteiger partial charge in [-0.25, -0.2) is 4.98 Å². The fourth-order valence-electron chi connectivity index (χ4n) is 8.59. The number of piperazine rings is 1. The minimum atomic E-state index is -0.200. The number of methoxy groups -OCH3 is 1. The molecule has 4 N–H and O–H groups in total. The fraction of sp³-hybridized carbons (Fsp3) is 0.440. The van der Waals surface area contributed by atoms with E-state index in [1.54, 1.807) is 19.4 Å². The van der Waals surface area contributed by atoms with Crippen LogP contribution in [0.3, 0.4) is 0 Å². The van der Waals surface area contributed by atoms with E-state index in [-0.39, 0.29) is 35.7 Å². The number of benzene rings is 2. The lowest BCUT2D eigenvalue weighted by molar-refractivity contribution is -0.131. The number of ether oxygens (including phenoxy) is 2. The van der Waals surface area contributed by atoms with Gasteiger partial charge >= 0.3 is 0 Å². The molecule has 7 rings (SSSR count). The molecule has 0 unspecified atom stereocenters. The summed E-state index contributed by atoms with van der Waals surface area (Å²) in [5.41, 5.74) is 7.36. The van der Waals surface area contributed by atoms with Gasteiger partial charge in [0.15, 0.2) is 0 Å². The molecule has 0 radical (unpaired) electrons. The maximum atomic E-state index is 13.2. The molecule has 344 valence electrons. The van der Waals surface area contributed by atoms with Crippen molar-refractivity contribution in [1.82, 2.24) is 40.7 Å². The number of anilines is 1. The molecule has 3 amide bonds. The van der Waals surface area contributed by atoms with Crippen LogP contribution in [0, 0.1) is 0 Å². The molecule has 0 aliphatic carbocycles. The Hall–Kier alpha value is -6.32. The topological polar surface area (TPSA) is 174 Å². The predicted molar refractivity (Wildman–Crippen MR) is 253 cm³/mol. The minimum Gasteiger partial charge on any atom is -0.497 e. The number of nitrogens with one attached hydrogen (secondary N) is 4. The van der Waals surface area contributed by atoms with Crippen LogP contribution in [0.1, 0.15) is 95.0 Å². The number of carbonyl (C=O) groups is 3. The molecular formula is C50H63N9O6. The van der Waals surface area contributed by atoms with Crippen LogP contribution in [-0.4, -0.2) is 115 Å². The Bertz CT molecular complexity index is 2450. The zero-order chi connectivity index (χ0) is 45.5. The quantitative estimate of drug-likeness (QED) is 0.0734. The van der Waals surface area contributed by atoms with Crippen LogP contribution in [-0.2, 0) is 24.3 Å². The molecule has 0 spiro atoms. The Morgan fingerprint density at radius 3 is 2.42 bits per heavy atom. The Kier molecular flexibility index (Phi) is 16.5. The monoisotopic (exact) mass is 885 g/mol. The van der Waals surface area contributed by atoms with Gasteiger partial charge in [0.25, 0.3) is 17.4 Å². The third kappa shape index (κ3) is 12.7. The highest BCUT2D eigenvalue weighted by Crippen LogP contribution is 2.28. The number of piperidine rings is 1. The molecule has 5 aromatic rings. The summed E-state index contributed by atoms with van der Waals surface area (Å²) < 4.78 is 11.1. The first kappa shape index (κ1) is 46.7. The number of H-pyrrole nitrogens is 1. The van der Waals surface area contributed by atoms with Crippen molar-refractivity contribution < 1.29 is 23.9 Å². The first-order valence-electron chi connectivity index (χ1n) is 23.1. The van der Waals surface area contributed by atoms with Gasteiger partial charge in [0.1, 0.15) is 17.2 Å². The molecule has 2 aromatic carbocycles. The van der Waals surface area contributed by atoms with E-state index in [4.69, 9.17) is 9.47 Å². The summed E-state index contributed by atoms with van der Waals surface area (Å²) in [5, 5.41) is 9.31. The Morgan fingerprint density at radius 1 is 0.846 bits per heavy atom. The molecule has 2 aliphatic heterocycles. The number of fused-ring (bicyclic) bond motifs is 1. The molecule has 0 saturated carbocycles. The molecule has 15 nitrogen and oxygen atoms in total. The largest absolute Gasteiger partial charge is 0.497 e.